The Morgan fingerprint density at radius 2 is 1.90 bits per heavy atom. The molecule has 0 aliphatic carbocycles. The fourth-order valence-corrected chi connectivity index (χ4v) is 1.45. The average Bonchev–Trinajstić information content (AvgIpc) is 1.59. The molecule has 0 bridgehead atoms. The first-order valence-corrected chi connectivity index (χ1v) is 7.39. The Balaban J connectivity index is 0. The number of rotatable bonds is 2. The van der Waals surface area contributed by atoms with Crippen LogP contribution in [0.5, 0.6) is 0 Å². The summed E-state index contributed by atoms with van der Waals surface area (Å²) in [5, 5.41) is 2.99. The van der Waals surface area contributed by atoms with Gasteiger partial charge >= 0.3 is 29.6 Å². The van der Waals surface area contributed by atoms with Crippen molar-refractivity contribution < 1.29 is 29.6 Å². The van der Waals surface area contributed by atoms with Crippen molar-refractivity contribution in [1.29, 1.82) is 0 Å². The van der Waals surface area contributed by atoms with Gasteiger partial charge in [0.25, 0.3) is 0 Å². The molecule has 0 aliphatic rings. The van der Waals surface area contributed by atoms with Crippen molar-refractivity contribution in [2.24, 2.45) is 0 Å². The molecule has 0 amide bonds. The van der Waals surface area contributed by atoms with E-state index in [1.165, 1.54) is 0 Å². The third-order valence-electron chi connectivity index (χ3n) is 0.763. The molecule has 0 rings (SSSR count). The van der Waals surface area contributed by atoms with Crippen LogP contribution >= 0.6 is 12.2 Å². The van der Waals surface area contributed by atoms with Crippen molar-refractivity contribution in [3.05, 3.63) is 0 Å². The van der Waals surface area contributed by atoms with Gasteiger partial charge in [-0.15, -0.1) is 0 Å². The maximum Gasteiger partial charge on any atom is 1.00 e. The van der Waals surface area contributed by atoms with E-state index in [-0.39, 0.29) is 29.6 Å². The molecule has 0 fully saturated rings. The van der Waals surface area contributed by atoms with Gasteiger partial charge in [0.15, 0.2) is 0 Å². The maximum absolute atomic E-state index is 4.69. The van der Waals surface area contributed by atoms with Gasteiger partial charge in [0.2, 0.25) is 0 Å². The summed E-state index contributed by atoms with van der Waals surface area (Å²) in [7, 11) is -0.985. The topological polar surface area (TPSA) is 12.0 Å². The van der Waals surface area contributed by atoms with Gasteiger partial charge < -0.3 is 30.2 Å². The first-order valence-electron chi connectivity index (χ1n) is 2.87. The summed E-state index contributed by atoms with van der Waals surface area (Å²) in [6.07, 6.45) is 0.995. The predicted molar refractivity (Wildman–Crippen MR) is 51.3 cm³/mol. The molecule has 0 saturated carbocycles. The average molecular weight is 201 g/mol. The molecular weight excluding hydrogens is 189 g/mol. The molecule has 0 aliphatic heterocycles. The quantitative estimate of drug-likeness (QED) is 0.325. The fraction of sp³-hybridized carbons (Fsp3) is 0.800. The molecule has 0 aromatic heterocycles. The second kappa shape index (κ2) is 5.91. The van der Waals surface area contributed by atoms with Crippen LogP contribution in [0, 0.1) is 0 Å². The molecule has 0 atom stereocenters. The zero-order chi connectivity index (χ0) is 7.49. The Hall–Kier alpha value is 1.33. The van der Waals surface area contributed by atoms with Gasteiger partial charge in [0, 0.05) is 6.17 Å². The van der Waals surface area contributed by atoms with Crippen molar-refractivity contribution >= 4 is 37.2 Å². The van der Waals surface area contributed by atoms with Crippen molar-refractivity contribution in [1.82, 2.24) is 5.32 Å². The van der Waals surface area contributed by atoms with Crippen LogP contribution in [-0.2, 0) is 12.6 Å². The third-order valence-corrected chi connectivity index (χ3v) is 2.29. The van der Waals surface area contributed by atoms with Crippen LogP contribution < -0.4 is 34.9 Å². The minimum atomic E-state index is -0.985. The fourth-order valence-electron chi connectivity index (χ4n) is 0.337. The van der Waals surface area contributed by atoms with E-state index in [4.69, 9.17) is 0 Å². The monoisotopic (exact) mass is 201 g/mol. The standard InChI is InChI=1S/C5H13NS2Si.Na/c1-9(2,3)4-6-5(7)8;/h4H2,1-3H3,(H2,6,7,8);/q;+1/p-1. The van der Waals surface area contributed by atoms with Crippen LogP contribution in [0.3, 0.4) is 0 Å². The zero-order valence-electron chi connectivity index (χ0n) is 7.02. The van der Waals surface area contributed by atoms with Crippen LogP contribution in [0.15, 0.2) is 0 Å². The van der Waals surface area contributed by atoms with E-state index >= 15 is 0 Å². The Morgan fingerprint density at radius 1 is 1.50 bits per heavy atom. The second-order valence-corrected chi connectivity index (χ2v) is 9.75. The Bertz CT molecular complexity index is 113. The summed E-state index contributed by atoms with van der Waals surface area (Å²) in [5.74, 6) is 0. The van der Waals surface area contributed by atoms with Gasteiger partial charge in [-0.1, -0.05) is 24.0 Å². The Labute approximate surface area is 97.1 Å². The normalized spacial score (nSPS) is 9.90. The zero-order valence-corrected chi connectivity index (χ0v) is 11.7. The maximum atomic E-state index is 4.69. The number of hydrogen-bond donors (Lipinski definition) is 1. The van der Waals surface area contributed by atoms with E-state index < -0.39 is 8.07 Å². The smallest absolute Gasteiger partial charge is 0.412 e. The molecule has 0 heterocycles. The van der Waals surface area contributed by atoms with Gasteiger partial charge in [0.05, 0.1) is 8.07 Å². The number of hydrogen-bond acceptors (Lipinski definition) is 2. The van der Waals surface area contributed by atoms with Crippen LogP contribution in [0.1, 0.15) is 0 Å². The van der Waals surface area contributed by atoms with E-state index in [0.29, 0.717) is 4.32 Å². The first kappa shape index (κ1) is 13.9. The summed E-state index contributed by atoms with van der Waals surface area (Å²) in [4.78, 5) is 0. The van der Waals surface area contributed by atoms with Crippen LogP contribution in [0.25, 0.3) is 0 Å². The van der Waals surface area contributed by atoms with Crippen LogP contribution in [0.2, 0.25) is 19.6 Å². The predicted octanol–water partition coefficient (Wildman–Crippen LogP) is -1.71. The largest absolute Gasteiger partial charge is 1.00 e. The number of nitrogens with one attached hydrogen (secondary N) is 1. The van der Waals surface area contributed by atoms with E-state index in [1.807, 2.05) is 0 Å². The van der Waals surface area contributed by atoms with E-state index in [2.05, 4.69) is 49.8 Å². The molecule has 0 spiro atoms. The molecule has 0 aromatic rings. The summed E-state index contributed by atoms with van der Waals surface area (Å²) in [5.41, 5.74) is 0. The van der Waals surface area contributed by atoms with E-state index in [1.54, 1.807) is 0 Å². The Morgan fingerprint density at radius 3 is 2.00 bits per heavy atom. The van der Waals surface area contributed by atoms with Crippen molar-refractivity contribution in [3.8, 4) is 0 Å². The summed E-state index contributed by atoms with van der Waals surface area (Å²) >= 11 is 9.38. The molecule has 0 radical (unpaired) electrons. The van der Waals surface area contributed by atoms with Crippen molar-refractivity contribution in [3.63, 3.8) is 0 Å². The third kappa shape index (κ3) is 12.0. The van der Waals surface area contributed by atoms with Crippen LogP contribution in [0.4, 0.5) is 0 Å². The van der Waals surface area contributed by atoms with Crippen molar-refractivity contribution in [2.45, 2.75) is 19.6 Å². The Kier molecular flexibility index (Phi) is 8.21. The van der Waals surface area contributed by atoms with Crippen molar-refractivity contribution in [2.75, 3.05) is 6.17 Å². The summed E-state index contributed by atoms with van der Waals surface area (Å²) in [6, 6.07) is 0. The first-order chi connectivity index (χ1) is 3.92. The van der Waals surface area contributed by atoms with Crippen LogP contribution in [-0.4, -0.2) is 18.6 Å². The molecule has 1 N–H and O–H groups in total. The summed E-state index contributed by atoms with van der Waals surface area (Å²) < 4.78 is 0.498. The molecule has 10 heavy (non-hydrogen) atoms. The molecule has 0 saturated heterocycles. The molecule has 0 unspecified atom stereocenters. The summed E-state index contributed by atoms with van der Waals surface area (Å²) in [6.45, 7) is 6.81. The molecule has 0 aromatic carbocycles. The minimum absolute atomic E-state index is 0. The van der Waals surface area contributed by atoms with Gasteiger partial charge in [0.1, 0.15) is 0 Å². The van der Waals surface area contributed by atoms with Gasteiger partial charge in [-0.2, -0.15) is 0 Å². The van der Waals surface area contributed by atoms with Gasteiger partial charge in [-0.05, 0) is 0 Å². The number of thiocarbonyl (C=S) groups is 1. The van der Waals surface area contributed by atoms with E-state index in [0.717, 1.165) is 6.17 Å². The second-order valence-electron chi connectivity index (χ2n) is 3.20. The molecule has 54 valence electrons. The van der Waals surface area contributed by atoms with Gasteiger partial charge in [-0.3, -0.25) is 0 Å². The molecule has 1 nitrogen and oxygen atoms in total. The minimum Gasteiger partial charge on any atom is -0.412 e. The molecular formula is C5H12NNaS2Si. The van der Waals surface area contributed by atoms with Gasteiger partial charge in [-0.25, -0.2) is 0 Å². The SMILES string of the molecule is C[Si](C)(C)CNC(=S)[S-].[Na+]. The molecule has 5 heteroatoms. The van der Waals surface area contributed by atoms with E-state index in [9.17, 15) is 0 Å².